The molecular formula is C10H11ClN4S. The van der Waals surface area contributed by atoms with E-state index >= 15 is 0 Å². The predicted octanol–water partition coefficient (Wildman–Crippen LogP) is 2.43. The molecular weight excluding hydrogens is 244 g/mol. The zero-order valence-corrected chi connectivity index (χ0v) is 10.1. The molecule has 6 heteroatoms. The van der Waals surface area contributed by atoms with Crippen LogP contribution in [0.1, 0.15) is 4.88 Å². The number of hydrogen-bond donors (Lipinski definition) is 2. The van der Waals surface area contributed by atoms with Gasteiger partial charge in [0.05, 0.1) is 16.2 Å². The van der Waals surface area contributed by atoms with Crippen molar-refractivity contribution in [1.82, 2.24) is 9.97 Å². The standard InChI is InChI=1S/C10H11ClN4S/c11-9-2-1-7(16-9)3-4-14-10-8(12)5-13-6-15-10/h1-2,5-6H,3-4,12H2,(H,13,14,15). The SMILES string of the molecule is Nc1cncnc1NCCc1ccc(Cl)s1. The summed E-state index contributed by atoms with van der Waals surface area (Å²) >= 11 is 7.43. The van der Waals surface area contributed by atoms with E-state index in [2.05, 4.69) is 15.3 Å². The second-order valence-electron chi connectivity index (χ2n) is 3.21. The molecule has 2 aromatic rings. The molecule has 0 aliphatic rings. The molecule has 0 unspecified atom stereocenters. The van der Waals surface area contributed by atoms with Crippen LogP contribution in [0.3, 0.4) is 0 Å². The molecule has 16 heavy (non-hydrogen) atoms. The molecule has 0 spiro atoms. The van der Waals surface area contributed by atoms with Crippen molar-refractivity contribution < 1.29 is 0 Å². The largest absolute Gasteiger partial charge is 0.394 e. The van der Waals surface area contributed by atoms with Gasteiger partial charge in [0, 0.05) is 11.4 Å². The van der Waals surface area contributed by atoms with Crippen LogP contribution in [0.5, 0.6) is 0 Å². The summed E-state index contributed by atoms with van der Waals surface area (Å²) in [4.78, 5) is 9.11. The van der Waals surface area contributed by atoms with Crippen LogP contribution in [0.25, 0.3) is 0 Å². The highest BCUT2D eigenvalue weighted by molar-refractivity contribution is 7.16. The van der Waals surface area contributed by atoms with Gasteiger partial charge in [-0.2, -0.15) is 0 Å². The fraction of sp³-hybridized carbons (Fsp3) is 0.200. The van der Waals surface area contributed by atoms with Gasteiger partial charge in [0.15, 0.2) is 5.82 Å². The molecule has 0 fully saturated rings. The van der Waals surface area contributed by atoms with Crippen LogP contribution in [0, 0.1) is 0 Å². The van der Waals surface area contributed by atoms with Gasteiger partial charge in [-0.3, -0.25) is 0 Å². The van der Waals surface area contributed by atoms with E-state index in [9.17, 15) is 0 Å². The van der Waals surface area contributed by atoms with Crippen LogP contribution in [0.2, 0.25) is 4.34 Å². The van der Waals surface area contributed by atoms with E-state index in [4.69, 9.17) is 17.3 Å². The number of thiophene rings is 1. The molecule has 2 heterocycles. The molecule has 0 aliphatic heterocycles. The molecule has 4 nitrogen and oxygen atoms in total. The second-order valence-corrected chi connectivity index (χ2v) is 5.01. The Kier molecular flexibility index (Phi) is 3.58. The Labute approximate surface area is 102 Å². The lowest BCUT2D eigenvalue weighted by atomic mass is 10.3. The van der Waals surface area contributed by atoms with Gasteiger partial charge in [-0.25, -0.2) is 9.97 Å². The Hall–Kier alpha value is -1.33. The first kappa shape index (κ1) is 11.2. The van der Waals surface area contributed by atoms with Crippen LogP contribution in [0.15, 0.2) is 24.7 Å². The van der Waals surface area contributed by atoms with E-state index in [1.807, 2.05) is 12.1 Å². The van der Waals surface area contributed by atoms with Gasteiger partial charge in [-0.05, 0) is 18.6 Å². The van der Waals surface area contributed by atoms with Crippen molar-refractivity contribution in [3.63, 3.8) is 0 Å². The predicted molar refractivity (Wildman–Crippen MR) is 68.0 cm³/mol. The number of rotatable bonds is 4. The van der Waals surface area contributed by atoms with Crippen molar-refractivity contribution in [2.24, 2.45) is 0 Å². The number of nitrogens with zero attached hydrogens (tertiary/aromatic N) is 2. The maximum atomic E-state index is 5.84. The number of nitrogens with two attached hydrogens (primary N) is 1. The molecule has 2 rings (SSSR count). The average molecular weight is 255 g/mol. The van der Waals surface area contributed by atoms with E-state index < -0.39 is 0 Å². The molecule has 0 bridgehead atoms. The third-order valence-electron chi connectivity index (χ3n) is 2.03. The number of halogens is 1. The normalized spacial score (nSPS) is 10.3. The number of nitrogen functional groups attached to an aromatic ring is 1. The zero-order chi connectivity index (χ0) is 11.4. The Morgan fingerprint density at radius 3 is 3.00 bits per heavy atom. The Morgan fingerprint density at radius 2 is 2.31 bits per heavy atom. The highest BCUT2D eigenvalue weighted by Gasteiger charge is 2.00. The Morgan fingerprint density at radius 1 is 1.44 bits per heavy atom. The fourth-order valence-electron chi connectivity index (χ4n) is 1.28. The number of anilines is 2. The molecule has 2 aromatic heterocycles. The van der Waals surface area contributed by atoms with Crippen molar-refractivity contribution in [1.29, 1.82) is 0 Å². The maximum Gasteiger partial charge on any atom is 0.152 e. The molecule has 0 saturated carbocycles. The van der Waals surface area contributed by atoms with E-state index in [-0.39, 0.29) is 0 Å². The minimum Gasteiger partial charge on any atom is -0.394 e. The highest BCUT2D eigenvalue weighted by Crippen LogP contribution is 2.21. The molecule has 0 atom stereocenters. The first-order valence-electron chi connectivity index (χ1n) is 4.79. The summed E-state index contributed by atoms with van der Waals surface area (Å²) in [7, 11) is 0. The molecule has 0 saturated heterocycles. The Balaban J connectivity index is 1.87. The summed E-state index contributed by atoms with van der Waals surface area (Å²) in [6.45, 7) is 0.776. The monoisotopic (exact) mass is 254 g/mol. The van der Waals surface area contributed by atoms with Gasteiger partial charge in [0.25, 0.3) is 0 Å². The van der Waals surface area contributed by atoms with E-state index in [1.54, 1.807) is 17.5 Å². The topological polar surface area (TPSA) is 63.8 Å². The lowest BCUT2D eigenvalue weighted by Gasteiger charge is -2.05. The smallest absolute Gasteiger partial charge is 0.152 e. The number of aromatic nitrogens is 2. The first-order chi connectivity index (χ1) is 7.75. The zero-order valence-electron chi connectivity index (χ0n) is 8.48. The van der Waals surface area contributed by atoms with Crippen LogP contribution in [-0.2, 0) is 6.42 Å². The van der Waals surface area contributed by atoms with Gasteiger partial charge in [-0.15, -0.1) is 11.3 Å². The van der Waals surface area contributed by atoms with E-state index in [0.29, 0.717) is 11.5 Å². The quantitative estimate of drug-likeness (QED) is 0.880. The van der Waals surface area contributed by atoms with Crippen LogP contribution >= 0.6 is 22.9 Å². The summed E-state index contributed by atoms with van der Waals surface area (Å²) in [6, 6.07) is 3.93. The molecule has 0 aromatic carbocycles. The van der Waals surface area contributed by atoms with Gasteiger partial charge in [0.1, 0.15) is 6.33 Å². The van der Waals surface area contributed by atoms with Gasteiger partial charge in [0.2, 0.25) is 0 Å². The molecule has 0 radical (unpaired) electrons. The summed E-state index contributed by atoms with van der Waals surface area (Å²) in [6.07, 6.45) is 3.96. The third kappa shape index (κ3) is 2.84. The summed E-state index contributed by atoms with van der Waals surface area (Å²) in [5.74, 6) is 0.678. The minimum absolute atomic E-state index is 0.562. The number of nitrogens with one attached hydrogen (secondary N) is 1. The van der Waals surface area contributed by atoms with E-state index in [0.717, 1.165) is 17.3 Å². The summed E-state index contributed by atoms with van der Waals surface area (Å²) < 4.78 is 0.816. The fourth-order valence-corrected chi connectivity index (χ4v) is 2.37. The van der Waals surface area contributed by atoms with Crippen LogP contribution in [0.4, 0.5) is 11.5 Å². The molecule has 0 aliphatic carbocycles. The highest BCUT2D eigenvalue weighted by atomic mass is 35.5. The Bertz CT molecular complexity index is 471. The summed E-state index contributed by atoms with van der Waals surface area (Å²) in [5.41, 5.74) is 6.26. The molecule has 3 N–H and O–H groups in total. The summed E-state index contributed by atoms with van der Waals surface area (Å²) in [5, 5.41) is 3.16. The van der Waals surface area contributed by atoms with Gasteiger partial charge < -0.3 is 11.1 Å². The maximum absolute atomic E-state index is 5.84. The van der Waals surface area contributed by atoms with Crippen molar-refractivity contribution in [3.05, 3.63) is 33.9 Å². The van der Waals surface area contributed by atoms with Gasteiger partial charge >= 0.3 is 0 Å². The van der Waals surface area contributed by atoms with Crippen molar-refractivity contribution in [2.45, 2.75) is 6.42 Å². The number of hydrogen-bond acceptors (Lipinski definition) is 5. The average Bonchev–Trinajstić information content (AvgIpc) is 2.67. The first-order valence-corrected chi connectivity index (χ1v) is 5.99. The second kappa shape index (κ2) is 5.14. The van der Waals surface area contributed by atoms with Crippen molar-refractivity contribution in [2.75, 3.05) is 17.6 Å². The van der Waals surface area contributed by atoms with E-state index in [1.165, 1.54) is 11.2 Å². The minimum atomic E-state index is 0.562. The van der Waals surface area contributed by atoms with Crippen molar-refractivity contribution >= 4 is 34.4 Å². The third-order valence-corrected chi connectivity index (χ3v) is 3.32. The lowest BCUT2D eigenvalue weighted by Crippen LogP contribution is -2.08. The lowest BCUT2D eigenvalue weighted by molar-refractivity contribution is 1.02. The molecule has 0 amide bonds. The van der Waals surface area contributed by atoms with Crippen molar-refractivity contribution in [3.8, 4) is 0 Å². The van der Waals surface area contributed by atoms with Crippen LogP contribution < -0.4 is 11.1 Å². The van der Waals surface area contributed by atoms with Crippen LogP contribution in [-0.4, -0.2) is 16.5 Å². The van der Waals surface area contributed by atoms with Gasteiger partial charge in [-0.1, -0.05) is 11.6 Å². The molecule has 84 valence electrons.